The van der Waals surface area contributed by atoms with Gasteiger partial charge in [-0.25, -0.2) is 4.79 Å². The van der Waals surface area contributed by atoms with Gasteiger partial charge in [-0.3, -0.25) is 4.98 Å². The van der Waals surface area contributed by atoms with Crippen LogP contribution >= 0.6 is 0 Å². The van der Waals surface area contributed by atoms with Crippen molar-refractivity contribution in [1.82, 2.24) is 9.88 Å². The van der Waals surface area contributed by atoms with Gasteiger partial charge in [0.2, 0.25) is 0 Å². The smallest absolute Gasteiger partial charge is 0.316 e. The third-order valence-corrected chi connectivity index (χ3v) is 4.11. The summed E-state index contributed by atoms with van der Waals surface area (Å²) in [5.41, 5.74) is 1.76. The van der Waals surface area contributed by atoms with Crippen molar-refractivity contribution in [3.05, 3.63) is 60.4 Å². The molecule has 1 aromatic carbocycles. The Morgan fingerprint density at radius 3 is 2.50 bits per heavy atom. The summed E-state index contributed by atoms with van der Waals surface area (Å²) in [5.74, 6) is 0. The number of urea groups is 1. The van der Waals surface area contributed by atoms with Crippen molar-refractivity contribution in [2.24, 2.45) is 0 Å². The molecule has 1 saturated carbocycles. The molecule has 0 unspecified atom stereocenters. The Labute approximate surface area is 131 Å². The first-order valence-electron chi connectivity index (χ1n) is 7.85. The number of rotatable bonds is 4. The van der Waals surface area contributed by atoms with Crippen LogP contribution in [0.15, 0.2) is 54.7 Å². The third kappa shape index (κ3) is 3.64. The van der Waals surface area contributed by atoms with Gasteiger partial charge in [-0.2, -0.15) is 0 Å². The van der Waals surface area contributed by atoms with Crippen LogP contribution in [0.5, 0.6) is 0 Å². The molecule has 0 spiro atoms. The lowest BCUT2D eigenvalue weighted by Crippen LogP contribution is -2.41. The number of benzene rings is 1. The molecule has 114 valence electrons. The lowest BCUT2D eigenvalue weighted by atomic mass is 10.2. The Hall–Kier alpha value is -2.36. The van der Waals surface area contributed by atoms with E-state index in [1.165, 1.54) is 12.8 Å². The van der Waals surface area contributed by atoms with Crippen molar-refractivity contribution < 1.29 is 4.79 Å². The normalized spacial score (nSPS) is 14.7. The number of anilines is 1. The predicted molar refractivity (Wildman–Crippen MR) is 87.5 cm³/mol. The zero-order valence-corrected chi connectivity index (χ0v) is 12.6. The first kappa shape index (κ1) is 14.6. The molecule has 0 bridgehead atoms. The molecule has 1 aliphatic carbocycles. The Bertz CT molecular complexity index is 594. The number of nitrogens with one attached hydrogen (secondary N) is 1. The molecule has 4 nitrogen and oxygen atoms in total. The minimum absolute atomic E-state index is 0.0382. The summed E-state index contributed by atoms with van der Waals surface area (Å²) in [5, 5.41) is 3.00. The summed E-state index contributed by atoms with van der Waals surface area (Å²) in [6.07, 6.45) is 6.32. The number of nitrogens with zero attached hydrogens (tertiary/aromatic N) is 2. The van der Waals surface area contributed by atoms with Crippen LogP contribution in [-0.4, -0.2) is 22.0 Å². The number of hydrogen-bond acceptors (Lipinski definition) is 2. The van der Waals surface area contributed by atoms with Crippen LogP contribution in [0.3, 0.4) is 0 Å². The van der Waals surface area contributed by atoms with E-state index in [0.29, 0.717) is 12.6 Å². The second-order valence-corrected chi connectivity index (χ2v) is 5.68. The van der Waals surface area contributed by atoms with E-state index in [-0.39, 0.29) is 6.03 Å². The summed E-state index contributed by atoms with van der Waals surface area (Å²) in [7, 11) is 0. The average Bonchev–Trinajstić information content (AvgIpc) is 3.08. The van der Waals surface area contributed by atoms with Crippen molar-refractivity contribution in [3.63, 3.8) is 0 Å². The minimum atomic E-state index is -0.0382. The number of amides is 2. The van der Waals surface area contributed by atoms with E-state index < -0.39 is 0 Å². The number of para-hydroxylation sites is 1. The molecule has 1 aliphatic rings. The van der Waals surface area contributed by atoms with Gasteiger partial charge >= 0.3 is 6.03 Å². The van der Waals surface area contributed by atoms with Crippen LogP contribution < -0.4 is 5.32 Å². The maximum Gasteiger partial charge on any atom is 0.322 e. The number of aromatic nitrogens is 1. The van der Waals surface area contributed by atoms with Crippen molar-refractivity contribution in [3.8, 4) is 0 Å². The molecule has 0 saturated heterocycles. The lowest BCUT2D eigenvalue weighted by molar-refractivity contribution is 0.183. The van der Waals surface area contributed by atoms with Gasteiger partial charge in [-0.15, -0.1) is 0 Å². The van der Waals surface area contributed by atoms with E-state index in [1.54, 1.807) is 6.20 Å². The van der Waals surface area contributed by atoms with Gasteiger partial charge in [-0.1, -0.05) is 37.1 Å². The number of pyridine rings is 1. The molecule has 22 heavy (non-hydrogen) atoms. The zero-order chi connectivity index (χ0) is 15.2. The van der Waals surface area contributed by atoms with E-state index in [1.807, 2.05) is 53.4 Å². The molecule has 0 aliphatic heterocycles. The summed E-state index contributed by atoms with van der Waals surface area (Å²) in [6, 6.07) is 15.7. The average molecular weight is 295 g/mol. The van der Waals surface area contributed by atoms with Gasteiger partial charge in [0.25, 0.3) is 0 Å². The fourth-order valence-electron chi connectivity index (χ4n) is 2.97. The Balaban J connectivity index is 1.74. The first-order chi connectivity index (χ1) is 10.8. The number of carbonyl (C=O) groups excluding carboxylic acids is 1. The SMILES string of the molecule is O=C(Nc1ccccc1)N(Cc1ccccn1)C1CCCC1. The maximum absolute atomic E-state index is 12.7. The maximum atomic E-state index is 12.7. The molecular weight excluding hydrogens is 274 g/mol. The quantitative estimate of drug-likeness (QED) is 0.924. The van der Waals surface area contributed by atoms with Crippen LogP contribution in [-0.2, 0) is 6.54 Å². The van der Waals surface area contributed by atoms with Crippen LogP contribution in [0, 0.1) is 0 Å². The molecule has 1 heterocycles. The molecule has 4 heteroatoms. The predicted octanol–water partition coefficient (Wildman–Crippen LogP) is 4.06. The van der Waals surface area contributed by atoms with Gasteiger partial charge in [0, 0.05) is 17.9 Å². The summed E-state index contributed by atoms with van der Waals surface area (Å²) >= 11 is 0. The largest absolute Gasteiger partial charge is 0.322 e. The fourth-order valence-corrected chi connectivity index (χ4v) is 2.97. The van der Waals surface area contributed by atoms with Crippen LogP contribution in [0.2, 0.25) is 0 Å². The van der Waals surface area contributed by atoms with Gasteiger partial charge in [0.05, 0.1) is 12.2 Å². The van der Waals surface area contributed by atoms with Crippen LogP contribution in [0.1, 0.15) is 31.4 Å². The lowest BCUT2D eigenvalue weighted by Gasteiger charge is -2.29. The van der Waals surface area contributed by atoms with Crippen molar-refractivity contribution in [1.29, 1.82) is 0 Å². The zero-order valence-electron chi connectivity index (χ0n) is 12.6. The highest BCUT2D eigenvalue weighted by Crippen LogP contribution is 2.25. The number of carbonyl (C=O) groups is 1. The van der Waals surface area contributed by atoms with Crippen LogP contribution in [0.25, 0.3) is 0 Å². The van der Waals surface area contributed by atoms with Crippen molar-refractivity contribution in [2.75, 3.05) is 5.32 Å². The molecule has 1 fully saturated rings. The van der Waals surface area contributed by atoms with Crippen LogP contribution in [0.4, 0.5) is 10.5 Å². The summed E-state index contributed by atoms with van der Waals surface area (Å²) in [6.45, 7) is 0.560. The highest BCUT2D eigenvalue weighted by molar-refractivity contribution is 5.89. The Morgan fingerprint density at radius 1 is 1.09 bits per heavy atom. The van der Waals surface area contributed by atoms with Gasteiger partial charge < -0.3 is 10.2 Å². The molecule has 2 aromatic rings. The molecular formula is C18H21N3O. The first-order valence-corrected chi connectivity index (χ1v) is 7.85. The second kappa shape index (κ2) is 7.07. The number of hydrogen-bond donors (Lipinski definition) is 1. The molecule has 0 radical (unpaired) electrons. The van der Waals surface area contributed by atoms with E-state index >= 15 is 0 Å². The Morgan fingerprint density at radius 2 is 1.82 bits per heavy atom. The molecule has 2 amide bonds. The van der Waals surface area contributed by atoms with Gasteiger partial charge in [0.15, 0.2) is 0 Å². The van der Waals surface area contributed by atoms with Crippen molar-refractivity contribution >= 4 is 11.7 Å². The fraction of sp³-hybridized carbons (Fsp3) is 0.333. The molecule has 0 atom stereocenters. The summed E-state index contributed by atoms with van der Waals surface area (Å²) < 4.78 is 0. The summed E-state index contributed by atoms with van der Waals surface area (Å²) in [4.78, 5) is 19.0. The monoisotopic (exact) mass is 295 g/mol. The highest BCUT2D eigenvalue weighted by Gasteiger charge is 2.27. The van der Waals surface area contributed by atoms with E-state index in [4.69, 9.17) is 0 Å². The van der Waals surface area contributed by atoms with Gasteiger partial charge in [0.1, 0.15) is 0 Å². The highest BCUT2D eigenvalue weighted by atomic mass is 16.2. The van der Waals surface area contributed by atoms with E-state index in [2.05, 4.69) is 10.3 Å². The Kier molecular flexibility index (Phi) is 4.68. The molecule has 1 N–H and O–H groups in total. The molecule has 1 aromatic heterocycles. The third-order valence-electron chi connectivity index (χ3n) is 4.11. The second-order valence-electron chi connectivity index (χ2n) is 5.68. The topological polar surface area (TPSA) is 45.2 Å². The van der Waals surface area contributed by atoms with E-state index in [9.17, 15) is 4.79 Å². The van der Waals surface area contributed by atoms with Crippen molar-refractivity contribution in [2.45, 2.75) is 38.3 Å². The minimum Gasteiger partial charge on any atom is -0.316 e. The molecule has 3 rings (SSSR count). The standard InChI is InChI=1S/C18H21N3O/c22-18(20-15-8-2-1-3-9-15)21(17-11-4-5-12-17)14-16-10-6-7-13-19-16/h1-3,6-10,13,17H,4-5,11-12,14H2,(H,20,22). The van der Waals surface area contributed by atoms with Gasteiger partial charge in [-0.05, 0) is 37.1 Å². The van der Waals surface area contributed by atoms with E-state index in [0.717, 1.165) is 24.2 Å².